The summed E-state index contributed by atoms with van der Waals surface area (Å²) in [5.41, 5.74) is 7.90. The van der Waals surface area contributed by atoms with Gasteiger partial charge in [-0.15, -0.1) is 0 Å². The van der Waals surface area contributed by atoms with Gasteiger partial charge >= 0.3 is 0 Å². The Morgan fingerprint density at radius 2 is 2.08 bits per heavy atom. The van der Waals surface area contributed by atoms with Crippen molar-refractivity contribution in [2.45, 2.75) is 52.0 Å². The number of carbonyl (C=O) groups excluding carboxylic acids is 1. The van der Waals surface area contributed by atoms with Crippen LogP contribution in [0.25, 0.3) is 11.3 Å². The van der Waals surface area contributed by atoms with Crippen LogP contribution in [0.5, 0.6) is 0 Å². The van der Waals surface area contributed by atoms with E-state index in [1.54, 1.807) is 6.20 Å². The van der Waals surface area contributed by atoms with Crippen LogP contribution in [0, 0.1) is 6.92 Å². The van der Waals surface area contributed by atoms with Crippen LogP contribution in [0.15, 0.2) is 34.9 Å². The van der Waals surface area contributed by atoms with Crippen LogP contribution in [0.1, 0.15) is 44.1 Å². The predicted octanol–water partition coefficient (Wildman–Crippen LogP) is 3.22. The van der Waals surface area contributed by atoms with Gasteiger partial charge in [-0.1, -0.05) is 49.6 Å². The summed E-state index contributed by atoms with van der Waals surface area (Å²) in [6, 6.07) is 8.14. The maximum atomic E-state index is 12.0. The monoisotopic (exact) mass is 329 g/mol. The third kappa shape index (κ3) is 5.49. The van der Waals surface area contributed by atoms with Gasteiger partial charge in [0.15, 0.2) is 11.7 Å². The van der Waals surface area contributed by atoms with Crippen molar-refractivity contribution in [1.82, 2.24) is 10.3 Å². The van der Waals surface area contributed by atoms with Crippen LogP contribution < -0.4 is 11.1 Å². The van der Waals surface area contributed by atoms with Crippen molar-refractivity contribution in [1.29, 1.82) is 0 Å². The predicted molar refractivity (Wildman–Crippen MR) is 95.5 cm³/mol. The minimum Gasteiger partial charge on any atom is -0.441 e. The smallest absolute Gasteiger partial charge is 0.220 e. The van der Waals surface area contributed by atoms with Gasteiger partial charge in [0.25, 0.3) is 0 Å². The van der Waals surface area contributed by atoms with Crippen molar-refractivity contribution >= 4 is 5.91 Å². The van der Waals surface area contributed by atoms with Gasteiger partial charge in [-0.3, -0.25) is 4.79 Å². The number of nitrogens with two attached hydrogens (primary N) is 1. The molecular formula is C19H27N3O2. The molecule has 5 nitrogen and oxygen atoms in total. The number of hydrogen-bond acceptors (Lipinski definition) is 4. The van der Waals surface area contributed by atoms with E-state index in [4.69, 9.17) is 10.2 Å². The average molecular weight is 329 g/mol. The molecule has 1 atom stereocenters. The van der Waals surface area contributed by atoms with Crippen molar-refractivity contribution < 1.29 is 9.21 Å². The number of rotatable bonds is 9. The Morgan fingerprint density at radius 1 is 1.33 bits per heavy atom. The lowest BCUT2D eigenvalue weighted by atomic mass is 10.1. The molecule has 130 valence electrons. The first-order valence-corrected chi connectivity index (χ1v) is 8.63. The maximum Gasteiger partial charge on any atom is 0.220 e. The van der Waals surface area contributed by atoms with Crippen LogP contribution in [0.4, 0.5) is 0 Å². The molecule has 1 amide bonds. The second kappa shape index (κ2) is 9.23. The fourth-order valence-electron chi connectivity index (χ4n) is 2.50. The molecule has 0 bridgehead atoms. The number of carbonyl (C=O) groups is 1. The van der Waals surface area contributed by atoms with Crippen molar-refractivity contribution in [3.8, 4) is 11.3 Å². The molecule has 0 radical (unpaired) electrons. The average Bonchev–Trinajstić information content (AvgIpc) is 3.06. The SMILES string of the molecule is CCCCC(CN)NC(=O)CCc1ncc(-c2ccc(C)cc2)o1. The first kappa shape index (κ1) is 18.2. The standard InChI is InChI=1S/C19H27N3O2/c1-3-4-5-16(12-20)22-18(23)10-11-19-21-13-17(24-19)15-8-6-14(2)7-9-15/h6-9,13,16H,3-5,10-12,20H2,1-2H3,(H,22,23). The summed E-state index contributed by atoms with van der Waals surface area (Å²) in [5.74, 6) is 1.31. The number of benzene rings is 1. The molecule has 1 heterocycles. The largest absolute Gasteiger partial charge is 0.441 e. The van der Waals surface area contributed by atoms with Gasteiger partial charge in [-0.05, 0) is 13.3 Å². The molecule has 0 spiro atoms. The number of amides is 1. The molecule has 0 saturated carbocycles. The second-order valence-electron chi connectivity index (χ2n) is 6.13. The summed E-state index contributed by atoms with van der Waals surface area (Å²) in [4.78, 5) is 16.3. The van der Waals surface area contributed by atoms with E-state index in [2.05, 4.69) is 17.2 Å². The Balaban J connectivity index is 1.84. The van der Waals surface area contributed by atoms with E-state index in [1.165, 1.54) is 5.56 Å². The Kier molecular flexibility index (Phi) is 7.00. The highest BCUT2D eigenvalue weighted by Crippen LogP contribution is 2.21. The fourth-order valence-corrected chi connectivity index (χ4v) is 2.50. The van der Waals surface area contributed by atoms with Gasteiger partial charge in [-0.25, -0.2) is 4.98 Å². The van der Waals surface area contributed by atoms with E-state index < -0.39 is 0 Å². The lowest BCUT2D eigenvalue weighted by Gasteiger charge is -2.16. The van der Waals surface area contributed by atoms with Crippen LogP contribution in [-0.4, -0.2) is 23.5 Å². The number of nitrogens with one attached hydrogen (secondary N) is 1. The van der Waals surface area contributed by atoms with E-state index in [1.807, 2.05) is 31.2 Å². The highest BCUT2D eigenvalue weighted by molar-refractivity contribution is 5.76. The molecule has 1 unspecified atom stereocenters. The van der Waals surface area contributed by atoms with Gasteiger partial charge in [0.2, 0.25) is 5.91 Å². The van der Waals surface area contributed by atoms with Gasteiger partial charge < -0.3 is 15.5 Å². The van der Waals surface area contributed by atoms with E-state index in [0.29, 0.717) is 25.3 Å². The molecule has 3 N–H and O–H groups in total. The fraction of sp³-hybridized carbons (Fsp3) is 0.474. The number of unbranched alkanes of at least 4 members (excludes halogenated alkanes) is 1. The topological polar surface area (TPSA) is 81.1 Å². The molecule has 0 fully saturated rings. The molecule has 0 aliphatic rings. The summed E-state index contributed by atoms with van der Waals surface area (Å²) >= 11 is 0. The summed E-state index contributed by atoms with van der Waals surface area (Å²) in [6.45, 7) is 4.65. The molecule has 2 rings (SSSR count). The van der Waals surface area contributed by atoms with E-state index in [9.17, 15) is 4.79 Å². The first-order chi connectivity index (χ1) is 11.6. The number of aromatic nitrogens is 1. The third-order valence-electron chi connectivity index (χ3n) is 4.01. The maximum absolute atomic E-state index is 12.0. The molecule has 1 aromatic carbocycles. The Labute approximate surface area is 143 Å². The van der Waals surface area contributed by atoms with Crippen LogP contribution in [0.2, 0.25) is 0 Å². The molecule has 2 aromatic rings. The van der Waals surface area contributed by atoms with E-state index in [-0.39, 0.29) is 11.9 Å². The van der Waals surface area contributed by atoms with Crippen molar-refractivity contribution in [2.24, 2.45) is 5.73 Å². The molecule has 5 heteroatoms. The van der Waals surface area contributed by atoms with Gasteiger partial charge in [-0.2, -0.15) is 0 Å². The minimum absolute atomic E-state index is 0.00311. The van der Waals surface area contributed by atoms with Crippen molar-refractivity contribution in [3.63, 3.8) is 0 Å². The lowest BCUT2D eigenvalue weighted by Crippen LogP contribution is -2.40. The number of nitrogens with zero attached hydrogens (tertiary/aromatic N) is 1. The Morgan fingerprint density at radius 3 is 2.75 bits per heavy atom. The van der Waals surface area contributed by atoms with Crippen LogP contribution >= 0.6 is 0 Å². The summed E-state index contributed by atoms with van der Waals surface area (Å²) in [5, 5.41) is 2.98. The van der Waals surface area contributed by atoms with Gasteiger partial charge in [0.05, 0.1) is 6.20 Å². The van der Waals surface area contributed by atoms with Crippen LogP contribution in [0.3, 0.4) is 0 Å². The number of oxazole rings is 1. The highest BCUT2D eigenvalue weighted by atomic mass is 16.4. The molecule has 0 saturated heterocycles. The van der Waals surface area contributed by atoms with Gasteiger partial charge in [0, 0.05) is 31.0 Å². The van der Waals surface area contributed by atoms with Crippen molar-refractivity contribution in [2.75, 3.05) is 6.54 Å². The molecule has 0 aliphatic heterocycles. The summed E-state index contributed by atoms with van der Waals surface area (Å²) in [6.07, 6.45) is 5.66. The number of hydrogen-bond donors (Lipinski definition) is 2. The van der Waals surface area contributed by atoms with E-state index >= 15 is 0 Å². The first-order valence-electron chi connectivity index (χ1n) is 8.63. The minimum atomic E-state index is -0.00311. The second-order valence-corrected chi connectivity index (χ2v) is 6.13. The summed E-state index contributed by atoms with van der Waals surface area (Å²) in [7, 11) is 0. The van der Waals surface area contributed by atoms with Crippen molar-refractivity contribution in [3.05, 3.63) is 41.9 Å². The normalized spacial score (nSPS) is 12.1. The molecule has 24 heavy (non-hydrogen) atoms. The van der Waals surface area contributed by atoms with Crippen LogP contribution in [-0.2, 0) is 11.2 Å². The Hall–Kier alpha value is -2.14. The quantitative estimate of drug-likeness (QED) is 0.740. The third-order valence-corrected chi connectivity index (χ3v) is 4.01. The molecule has 0 aliphatic carbocycles. The summed E-state index contributed by atoms with van der Waals surface area (Å²) < 4.78 is 5.74. The van der Waals surface area contributed by atoms with Gasteiger partial charge in [0.1, 0.15) is 0 Å². The zero-order valence-corrected chi connectivity index (χ0v) is 14.5. The molecular weight excluding hydrogens is 302 g/mol. The lowest BCUT2D eigenvalue weighted by molar-refractivity contribution is -0.121. The molecule has 1 aromatic heterocycles. The highest BCUT2D eigenvalue weighted by Gasteiger charge is 2.12. The Bertz CT molecular complexity index is 634. The zero-order valence-electron chi connectivity index (χ0n) is 14.5. The van der Waals surface area contributed by atoms with E-state index in [0.717, 1.165) is 30.6 Å². The zero-order chi connectivity index (χ0) is 17.4. The number of aryl methyl sites for hydroxylation is 2.